The van der Waals surface area contributed by atoms with Crippen molar-refractivity contribution >= 4 is 29.0 Å². The van der Waals surface area contributed by atoms with Gasteiger partial charge in [-0.3, -0.25) is 14.9 Å². The monoisotopic (exact) mass is 478 g/mol. The van der Waals surface area contributed by atoms with Crippen LogP contribution >= 0.6 is 11.8 Å². The van der Waals surface area contributed by atoms with Crippen molar-refractivity contribution in [3.05, 3.63) is 70.4 Å². The summed E-state index contributed by atoms with van der Waals surface area (Å²) >= 11 is 0.731. The van der Waals surface area contributed by atoms with Crippen molar-refractivity contribution in [2.45, 2.75) is 23.5 Å². The van der Waals surface area contributed by atoms with Crippen molar-refractivity contribution in [1.29, 1.82) is 0 Å². The first-order valence-electron chi connectivity index (χ1n) is 9.39. The molecule has 8 nitrogen and oxygen atoms in total. The summed E-state index contributed by atoms with van der Waals surface area (Å²) < 4.78 is 45.1. The van der Waals surface area contributed by atoms with Crippen LogP contribution in [0.5, 0.6) is 5.75 Å². The van der Waals surface area contributed by atoms with Crippen LogP contribution in [0, 0.1) is 10.1 Å². The van der Waals surface area contributed by atoms with E-state index in [1.807, 2.05) is 0 Å². The van der Waals surface area contributed by atoms with Crippen molar-refractivity contribution in [3.63, 3.8) is 0 Å². The first kappa shape index (κ1) is 24.0. The minimum absolute atomic E-state index is 0.0662. The summed E-state index contributed by atoms with van der Waals surface area (Å²) in [6.07, 6.45) is -4.70. The fourth-order valence-electron chi connectivity index (χ4n) is 2.71. The van der Waals surface area contributed by atoms with Crippen LogP contribution in [0.1, 0.15) is 12.6 Å². The molecule has 12 heteroatoms. The number of carbonyl (C=O) groups excluding carboxylic acids is 1. The van der Waals surface area contributed by atoms with Gasteiger partial charge in [0.15, 0.2) is 5.16 Å². The number of halogens is 3. The van der Waals surface area contributed by atoms with Crippen LogP contribution < -0.4 is 10.1 Å². The summed E-state index contributed by atoms with van der Waals surface area (Å²) in [5.74, 6) is -0.446. The molecule has 1 atom stereocenters. The van der Waals surface area contributed by atoms with Crippen molar-refractivity contribution < 1.29 is 27.6 Å². The van der Waals surface area contributed by atoms with Gasteiger partial charge in [0, 0.05) is 17.7 Å². The highest BCUT2D eigenvalue weighted by Crippen LogP contribution is 2.33. The van der Waals surface area contributed by atoms with Gasteiger partial charge < -0.3 is 10.1 Å². The Bertz CT molecular complexity index is 1180. The number of hydrogen-bond acceptors (Lipinski definition) is 7. The SMILES string of the molecule is COc1cc(NC(=O)C(C)Sc2nc(-c3ccccc3)cc(C(F)(F)F)n2)cc([N+](=O)[O-])c1. The van der Waals surface area contributed by atoms with Gasteiger partial charge in [-0.2, -0.15) is 13.2 Å². The first-order valence-corrected chi connectivity index (χ1v) is 10.3. The lowest BCUT2D eigenvalue weighted by atomic mass is 10.1. The number of benzene rings is 2. The van der Waals surface area contributed by atoms with Gasteiger partial charge in [-0.25, -0.2) is 9.97 Å². The van der Waals surface area contributed by atoms with Gasteiger partial charge in [0.05, 0.1) is 34.7 Å². The second-order valence-corrected chi connectivity index (χ2v) is 8.02. The van der Waals surface area contributed by atoms with Crippen molar-refractivity contribution in [3.8, 4) is 17.0 Å². The van der Waals surface area contributed by atoms with Crippen LogP contribution in [0.4, 0.5) is 24.5 Å². The smallest absolute Gasteiger partial charge is 0.433 e. The van der Waals surface area contributed by atoms with Gasteiger partial charge in [-0.1, -0.05) is 42.1 Å². The number of thioether (sulfide) groups is 1. The Morgan fingerprint density at radius 2 is 1.85 bits per heavy atom. The fourth-order valence-corrected chi connectivity index (χ4v) is 3.50. The number of anilines is 1. The predicted molar refractivity (Wildman–Crippen MR) is 116 cm³/mol. The third-order valence-electron chi connectivity index (χ3n) is 4.32. The molecule has 0 radical (unpaired) electrons. The number of nitrogens with one attached hydrogen (secondary N) is 1. The molecule has 0 aliphatic carbocycles. The number of amides is 1. The highest BCUT2D eigenvalue weighted by molar-refractivity contribution is 8.00. The maximum Gasteiger partial charge on any atom is 0.433 e. The van der Waals surface area contributed by atoms with E-state index in [0.29, 0.717) is 5.56 Å². The maximum absolute atomic E-state index is 13.4. The number of non-ortho nitro benzene ring substituents is 1. The molecule has 0 saturated carbocycles. The minimum atomic E-state index is -4.70. The molecular formula is C21H17F3N4O4S. The maximum atomic E-state index is 13.4. The zero-order valence-corrected chi connectivity index (χ0v) is 18.1. The van der Waals surface area contributed by atoms with E-state index in [9.17, 15) is 28.1 Å². The van der Waals surface area contributed by atoms with Gasteiger partial charge in [0.25, 0.3) is 5.69 Å². The fraction of sp³-hybridized carbons (Fsp3) is 0.190. The molecular weight excluding hydrogens is 461 g/mol. The van der Waals surface area contributed by atoms with Gasteiger partial charge >= 0.3 is 6.18 Å². The number of methoxy groups -OCH3 is 1. The number of hydrogen-bond donors (Lipinski definition) is 1. The number of ether oxygens (including phenoxy) is 1. The first-order chi connectivity index (χ1) is 15.6. The summed E-state index contributed by atoms with van der Waals surface area (Å²) in [6.45, 7) is 1.46. The highest BCUT2D eigenvalue weighted by atomic mass is 32.2. The molecule has 1 aromatic heterocycles. The van der Waals surface area contributed by atoms with Gasteiger partial charge in [0.1, 0.15) is 11.4 Å². The summed E-state index contributed by atoms with van der Waals surface area (Å²) in [5.41, 5.74) is -0.786. The Labute approximate surface area is 190 Å². The van der Waals surface area contributed by atoms with Crippen LogP contribution in [-0.2, 0) is 11.0 Å². The average Bonchev–Trinajstić information content (AvgIpc) is 2.78. The lowest BCUT2D eigenvalue weighted by Gasteiger charge is -2.14. The Morgan fingerprint density at radius 1 is 1.15 bits per heavy atom. The molecule has 0 spiro atoms. The van der Waals surface area contributed by atoms with E-state index in [4.69, 9.17) is 4.74 Å². The third kappa shape index (κ3) is 6.19. The minimum Gasteiger partial charge on any atom is -0.496 e. The van der Waals surface area contributed by atoms with E-state index in [-0.39, 0.29) is 28.0 Å². The van der Waals surface area contributed by atoms with Crippen molar-refractivity contribution in [2.24, 2.45) is 0 Å². The molecule has 0 aliphatic rings. The third-order valence-corrected chi connectivity index (χ3v) is 5.28. The van der Waals surface area contributed by atoms with Crippen molar-refractivity contribution in [1.82, 2.24) is 9.97 Å². The number of rotatable bonds is 7. The van der Waals surface area contributed by atoms with E-state index >= 15 is 0 Å². The molecule has 1 unspecified atom stereocenters. The quantitative estimate of drug-likeness (QED) is 0.215. The van der Waals surface area contributed by atoms with Gasteiger partial charge in [0.2, 0.25) is 5.91 Å². The van der Waals surface area contributed by atoms with Crippen LogP contribution in [0.25, 0.3) is 11.3 Å². The van der Waals surface area contributed by atoms with Crippen molar-refractivity contribution in [2.75, 3.05) is 12.4 Å². The van der Waals surface area contributed by atoms with Crippen LogP contribution in [-0.4, -0.2) is 33.2 Å². The van der Waals surface area contributed by atoms with E-state index in [2.05, 4.69) is 15.3 Å². The van der Waals surface area contributed by atoms with Gasteiger partial charge in [-0.05, 0) is 13.0 Å². The summed E-state index contributed by atoms with van der Waals surface area (Å²) in [4.78, 5) is 30.8. The largest absolute Gasteiger partial charge is 0.496 e. The molecule has 172 valence electrons. The zero-order valence-electron chi connectivity index (χ0n) is 17.3. The second kappa shape index (κ2) is 9.86. The topological polar surface area (TPSA) is 107 Å². The van der Waals surface area contributed by atoms with Crippen LogP contribution in [0.15, 0.2) is 59.8 Å². The van der Waals surface area contributed by atoms with Crippen LogP contribution in [0.2, 0.25) is 0 Å². The molecule has 2 aromatic carbocycles. The molecule has 0 aliphatic heterocycles. The highest BCUT2D eigenvalue weighted by Gasteiger charge is 2.34. The van der Waals surface area contributed by atoms with Gasteiger partial charge in [-0.15, -0.1) is 0 Å². The standard InChI is InChI=1S/C21H17F3N4O4S/c1-12(19(29)25-14-8-15(28(30)31)10-16(9-14)32-2)33-20-26-17(13-6-4-3-5-7-13)11-18(27-20)21(22,23)24/h3-12H,1-2H3,(H,25,29). The molecule has 3 aromatic rings. The Kier molecular flexibility index (Phi) is 7.16. The number of nitro benzene ring substituents is 1. The Balaban J connectivity index is 1.85. The molecule has 1 heterocycles. The lowest BCUT2D eigenvalue weighted by Crippen LogP contribution is -2.23. The van der Waals surface area contributed by atoms with E-state index in [1.54, 1.807) is 30.3 Å². The van der Waals surface area contributed by atoms with E-state index in [1.165, 1.54) is 26.2 Å². The molecule has 33 heavy (non-hydrogen) atoms. The predicted octanol–water partition coefficient (Wildman–Crippen LogP) is 5.20. The molecule has 3 rings (SSSR count). The number of alkyl halides is 3. The van der Waals surface area contributed by atoms with Crippen LogP contribution in [0.3, 0.4) is 0 Å². The summed E-state index contributed by atoms with van der Waals surface area (Å²) in [5, 5.41) is 12.4. The summed E-state index contributed by atoms with van der Waals surface area (Å²) in [7, 11) is 1.32. The molecule has 1 N–H and O–H groups in total. The number of aromatic nitrogens is 2. The molecule has 0 fully saturated rings. The second-order valence-electron chi connectivity index (χ2n) is 6.71. The Hall–Kier alpha value is -3.67. The zero-order chi connectivity index (χ0) is 24.2. The molecule has 0 bridgehead atoms. The number of nitro groups is 1. The van der Waals surface area contributed by atoms with E-state index < -0.39 is 28.0 Å². The average molecular weight is 478 g/mol. The number of carbonyl (C=O) groups is 1. The normalized spacial score (nSPS) is 12.2. The summed E-state index contributed by atoms with van der Waals surface area (Å²) in [6, 6.07) is 12.9. The lowest BCUT2D eigenvalue weighted by molar-refractivity contribution is -0.384. The molecule has 1 amide bonds. The number of nitrogens with zero attached hydrogens (tertiary/aromatic N) is 3. The van der Waals surface area contributed by atoms with E-state index in [0.717, 1.165) is 23.9 Å². The Morgan fingerprint density at radius 3 is 2.45 bits per heavy atom. The molecule has 0 saturated heterocycles.